The van der Waals surface area contributed by atoms with Crippen LogP contribution in [-0.2, 0) is 6.42 Å². The molecule has 0 heterocycles. The summed E-state index contributed by atoms with van der Waals surface area (Å²) in [7, 11) is 0. The Kier molecular flexibility index (Phi) is 5.41. The first-order chi connectivity index (χ1) is 7.24. The van der Waals surface area contributed by atoms with Crippen molar-refractivity contribution in [3.63, 3.8) is 0 Å². The van der Waals surface area contributed by atoms with Crippen molar-refractivity contribution in [1.29, 1.82) is 0 Å². The second kappa shape index (κ2) is 6.62. The number of hydrogen-bond acceptors (Lipinski definition) is 1. The molecule has 1 aromatic rings. The van der Waals surface area contributed by atoms with Gasteiger partial charge in [0.15, 0.2) is 0 Å². The van der Waals surface area contributed by atoms with E-state index in [9.17, 15) is 0 Å². The third-order valence-corrected chi connectivity index (χ3v) is 2.72. The molecule has 1 aromatic carbocycles. The Balaban J connectivity index is 2.31. The van der Waals surface area contributed by atoms with E-state index in [1.54, 1.807) is 0 Å². The maximum absolute atomic E-state index is 3.44. The second-order valence-electron chi connectivity index (χ2n) is 4.28. The average Bonchev–Trinajstić information content (AvgIpc) is 2.20. The molecule has 0 bridgehead atoms. The van der Waals surface area contributed by atoms with E-state index in [-0.39, 0.29) is 0 Å². The summed E-state index contributed by atoms with van der Waals surface area (Å²) in [5.74, 6) is 0. The molecule has 1 nitrogen and oxygen atoms in total. The van der Waals surface area contributed by atoms with Crippen molar-refractivity contribution < 1.29 is 0 Å². The van der Waals surface area contributed by atoms with Gasteiger partial charge in [-0.1, -0.05) is 30.7 Å². The van der Waals surface area contributed by atoms with Gasteiger partial charge >= 0.3 is 0 Å². The number of benzene rings is 1. The minimum Gasteiger partial charge on any atom is -0.317 e. The van der Waals surface area contributed by atoms with E-state index in [0.717, 1.165) is 13.1 Å². The number of hydrogen-bond donors (Lipinski definition) is 1. The Morgan fingerprint density at radius 2 is 1.93 bits per heavy atom. The molecular weight excluding hydrogens is 182 g/mol. The second-order valence-corrected chi connectivity index (χ2v) is 4.28. The van der Waals surface area contributed by atoms with E-state index in [0.29, 0.717) is 0 Å². The molecule has 0 unspecified atom stereocenters. The molecule has 0 saturated carbocycles. The monoisotopic (exact) mass is 205 g/mol. The minimum absolute atomic E-state index is 1.14. The third-order valence-electron chi connectivity index (χ3n) is 2.72. The van der Waals surface area contributed by atoms with Gasteiger partial charge in [-0.2, -0.15) is 0 Å². The zero-order valence-corrected chi connectivity index (χ0v) is 10.3. The first-order valence-corrected chi connectivity index (χ1v) is 6.01. The molecule has 0 fully saturated rings. The van der Waals surface area contributed by atoms with Crippen molar-refractivity contribution >= 4 is 0 Å². The highest BCUT2D eigenvalue weighted by molar-refractivity contribution is 5.30. The lowest BCUT2D eigenvalue weighted by Crippen LogP contribution is -2.16. The number of rotatable bonds is 6. The molecule has 1 heteroatoms. The van der Waals surface area contributed by atoms with Crippen LogP contribution in [0.1, 0.15) is 36.5 Å². The van der Waals surface area contributed by atoms with Gasteiger partial charge in [-0.15, -0.1) is 0 Å². The van der Waals surface area contributed by atoms with Crippen LogP contribution < -0.4 is 5.32 Å². The summed E-state index contributed by atoms with van der Waals surface area (Å²) in [5.41, 5.74) is 4.30. The molecule has 84 valence electrons. The highest BCUT2D eigenvalue weighted by Gasteiger charge is 1.97. The highest BCUT2D eigenvalue weighted by Crippen LogP contribution is 2.12. The van der Waals surface area contributed by atoms with Crippen molar-refractivity contribution in [3.05, 3.63) is 34.9 Å². The summed E-state index contributed by atoms with van der Waals surface area (Å²) in [6, 6.07) is 6.75. The molecule has 0 spiro atoms. The van der Waals surface area contributed by atoms with E-state index < -0.39 is 0 Å². The fourth-order valence-electron chi connectivity index (χ4n) is 1.83. The van der Waals surface area contributed by atoms with Gasteiger partial charge in [0.25, 0.3) is 0 Å². The average molecular weight is 205 g/mol. The Hall–Kier alpha value is -0.820. The molecule has 0 aliphatic rings. The predicted molar refractivity (Wildman–Crippen MR) is 67.4 cm³/mol. The largest absolute Gasteiger partial charge is 0.317 e. The molecule has 0 amide bonds. The van der Waals surface area contributed by atoms with Crippen molar-refractivity contribution in [2.24, 2.45) is 0 Å². The molecule has 0 aliphatic heterocycles. The van der Waals surface area contributed by atoms with Crippen LogP contribution in [0, 0.1) is 13.8 Å². The molecule has 0 saturated heterocycles. The van der Waals surface area contributed by atoms with Gasteiger partial charge in [-0.05, 0) is 57.3 Å². The maximum Gasteiger partial charge on any atom is -0.00457 e. The summed E-state index contributed by atoms with van der Waals surface area (Å²) >= 11 is 0. The van der Waals surface area contributed by atoms with Gasteiger partial charge in [0.05, 0.1) is 0 Å². The summed E-state index contributed by atoms with van der Waals surface area (Å²) < 4.78 is 0. The maximum atomic E-state index is 3.44. The van der Waals surface area contributed by atoms with Crippen LogP contribution in [0.4, 0.5) is 0 Å². The van der Waals surface area contributed by atoms with Gasteiger partial charge in [0.1, 0.15) is 0 Å². The predicted octanol–water partition coefficient (Wildman–Crippen LogP) is 3.24. The van der Waals surface area contributed by atoms with Crippen LogP contribution >= 0.6 is 0 Å². The normalized spacial score (nSPS) is 10.6. The Morgan fingerprint density at radius 1 is 1.13 bits per heavy atom. The topological polar surface area (TPSA) is 12.0 Å². The number of aryl methyl sites for hydroxylation is 3. The van der Waals surface area contributed by atoms with Crippen molar-refractivity contribution in [3.8, 4) is 0 Å². The van der Waals surface area contributed by atoms with Crippen LogP contribution in [0.3, 0.4) is 0 Å². The fraction of sp³-hybridized carbons (Fsp3) is 0.571. The van der Waals surface area contributed by atoms with E-state index in [4.69, 9.17) is 0 Å². The van der Waals surface area contributed by atoms with Gasteiger partial charge in [-0.25, -0.2) is 0 Å². The van der Waals surface area contributed by atoms with Crippen LogP contribution in [0.2, 0.25) is 0 Å². The first kappa shape index (κ1) is 12.3. The summed E-state index contributed by atoms with van der Waals surface area (Å²) in [5, 5.41) is 3.44. The molecule has 1 N–H and O–H groups in total. The van der Waals surface area contributed by atoms with E-state index in [1.165, 1.54) is 36.0 Å². The minimum atomic E-state index is 1.14. The molecule has 1 rings (SSSR count). The van der Waals surface area contributed by atoms with Crippen molar-refractivity contribution in [1.82, 2.24) is 5.32 Å². The fourth-order valence-corrected chi connectivity index (χ4v) is 1.83. The zero-order valence-electron chi connectivity index (χ0n) is 10.3. The van der Waals surface area contributed by atoms with Gasteiger partial charge in [0, 0.05) is 0 Å². The lowest BCUT2D eigenvalue weighted by molar-refractivity contribution is 0.639. The summed E-state index contributed by atoms with van der Waals surface area (Å²) in [6.45, 7) is 8.85. The van der Waals surface area contributed by atoms with E-state index >= 15 is 0 Å². The smallest absolute Gasteiger partial charge is 0.00457 e. The number of nitrogens with one attached hydrogen (secondary N) is 1. The molecular formula is C14H23N. The Morgan fingerprint density at radius 3 is 2.60 bits per heavy atom. The SMILES string of the molecule is CCCNCCCc1ccc(C)cc1C. The standard InChI is InChI=1S/C14H23N/c1-4-9-15-10-5-6-14-8-7-12(2)11-13(14)3/h7-8,11,15H,4-6,9-10H2,1-3H3. The molecule has 0 atom stereocenters. The van der Waals surface area contributed by atoms with Gasteiger partial charge in [0.2, 0.25) is 0 Å². The van der Waals surface area contributed by atoms with Gasteiger partial charge in [-0.3, -0.25) is 0 Å². The first-order valence-electron chi connectivity index (χ1n) is 6.01. The molecule has 15 heavy (non-hydrogen) atoms. The van der Waals surface area contributed by atoms with Crippen LogP contribution in [0.15, 0.2) is 18.2 Å². The van der Waals surface area contributed by atoms with Crippen LogP contribution in [0.5, 0.6) is 0 Å². The van der Waals surface area contributed by atoms with Crippen molar-refractivity contribution in [2.75, 3.05) is 13.1 Å². The lowest BCUT2D eigenvalue weighted by atomic mass is 10.0. The lowest BCUT2D eigenvalue weighted by Gasteiger charge is -2.07. The molecule has 0 radical (unpaired) electrons. The van der Waals surface area contributed by atoms with Crippen molar-refractivity contribution in [2.45, 2.75) is 40.0 Å². The molecule has 0 aliphatic carbocycles. The van der Waals surface area contributed by atoms with E-state index in [2.05, 4.69) is 44.3 Å². The third kappa shape index (κ3) is 4.48. The van der Waals surface area contributed by atoms with E-state index in [1.807, 2.05) is 0 Å². The summed E-state index contributed by atoms with van der Waals surface area (Å²) in [4.78, 5) is 0. The van der Waals surface area contributed by atoms with Gasteiger partial charge < -0.3 is 5.32 Å². The Bertz CT molecular complexity index is 291. The highest BCUT2D eigenvalue weighted by atomic mass is 14.8. The van der Waals surface area contributed by atoms with Crippen LogP contribution in [0.25, 0.3) is 0 Å². The Labute approximate surface area is 93.9 Å². The quantitative estimate of drug-likeness (QED) is 0.703. The van der Waals surface area contributed by atoms with Crippen LogP contribution in [-0.4, -0.2) is 13.1 Å². The molecule has 0 aromatic heterocycles. The zero-order chi connectivity index (χ0) is 11.1. The summed E-state index contributed by atoms with van der Waals surface area (Å²) in [6.07, 6.45) is 3.66.